The predicted molar refractivity (Wildman–Crippen MR) is 74.7 cm³/mol. The van der Waals surface area contributed by atoms with Gasteiger partial charge in [0.1, 0.15) is 6.20 Å². The van der Waals surface area contributed by atoms with Crippen molar-refractivity contribution < 1.29 is 4.92 Å². The molecule has 2 aromatic heterocycles. The van der Waals surface area contributed by atoms with E-state index in [1.165, 1.54) is 0 Å². The third kappa shape index (κ3) is 3.18. The molecule has 0 amide bonds. The van der Waals surface area contributed by atoms with Gasteiger partial charge in [-0.05, 0) is 30.7 Å². The highest BCUT2D eigenvalue weighted by Gasteiger charge is 2.22. The van der Waals surface area contributed by atoms with Gasteiger partial charge in [0, 0.05) is 12.7 Å². The molecule has 0 aliphatic carbocycles. The molecule has 0 spiro atoms. The summed E-state index contributed by atoms with van der Waals surface area (Å²) in [6.45, 7) is 2.82. The highest BCUT2D eigenvalue weighted by Crippen LogP contribution is 2.26. The van der Waals surface area contributed by atoms with Gasteiger partial charge in [0.15, 0.2) is 0 Å². The first-order valence-electron chi connectivity index (χ1n) is 5.93. The number of hydrogen-bond donors (Lipinski definition) is 0. The zero-order chi connectivity index (χ0) is 14.5. The zero-order valence-electron chi connectivity index (χ0n) is 10.7. The maximum absolute atomic E-state index is 11.0. The first-order valence-corrected chi connectivity index (χ1v) is 6.31. The second-order valence-electron chi connectivity index (χ2n) is 3.94. The van der Waals surface area contributed by atoms with Crippen LogP contribution in [0.5, 0.6) is 0 Å². The number of anilines is 1. The summed E-state index contributed by atoms with van der Waals surface area (Å²) in [5, 5.41) is 11.0. The molecule has 104 valence electrons. The van der Waals surface area contributed by atoms with Crippen LogP contribution in [0.1, 0.15) is 12.6 Å². The van der Waals surface area contributed by atoms with Crippen molar-refractivity contribution in [2.75, 3.05) is 11.4 Å². The van der Waals surface area contributed by atoms with Crippen LogP contribution in [0.25, 0.3) is 0 Å². The van der Waals surface area contributed by atoms with Gasteiger partial charge >= 0.3 is 5.69 Å². The molecule has 0 aliphatic rings. The molecule has 0 saturated heterocycles. The molecule has 0 unspecified atom stereocenters. The van der Waals surface area contributed by atoms with E-state index in [1.807, 2.05) is 25.1 Å². The van der Waals surface area contributed by atoms with Gasteiger partial charge < -0.3 is 4.90 Å². The van der Waals surface area contributed by atoms with E-state index in [0.717, 1.165) is 11.9 Å². The van der Waals surface area contributed by atoms with Crippen molar-refractivity contribution in [3.05, 3.63) is 51.7 Å². The third-order valence-electron chi connectivity index (χ3n) is 2.68. The van der Waals surface area contributed by atoms with Gasteiger partial charge in [0.25, 0.3) is 0 Å². The highest BCUT2D eigenvalue weighted by molar-refractivity contribution is 6.28. The minimum atomic E-state index is -0.521. The van der Waals surface area contributed by atoms with Crippen LogP contribution in [0.2, 0.25) is 5.28 Å². The Balaban J connectivity index is 2.36. The topological polar surface area (TPSA) is 85.0 Å². The van der Waals surface area contributed by atoms with E-state index < -0.39 is 4.92 Å². The van der Waals surface area contributed by atoms with E-state index in [-0.39, 0.29) is 16.8 Å². The normalized spacial score (nSPS) is 10.3. The first kappa shape index (κ1) is 14.1. The Labute approximate surface area is 120 Å². The second-order valence-corrected chi connectivity index (χ2v) is 4.28. The average molecular weight is 294 g/mol. The van der Waals surface area contributed by atoms with Crippen LogP contribution in [-0.2, 0) is 6.54 Å². The van der Waals surface area contributed by atoms with Gasteiger partial charge in [-0.25, -0.2) is 4.98 Å². The van der Waals surface area contributed by atoms with Crippen LogP contribution in [0.3, 0.4) is 0 Å². The summed E-state index contributed by atoms with van der Waals surface area (Å²) in [6.07, 6.45) is 2.79. The molecule has 0 radical (unpaired) electrons. The summed E-state index contributed by atoms with van der Waals surface area (Å²) < 4.78 is 0. The van der Waals surface area contributed by atoms with Gasteiger partial charge in [-0.2, -0.15) is 4.98 Å². The number of nitro groups is 1. The molecular weight excluding hydrogens is 282 g/mol. The van der Waals surface area contributed by atoms with E-state index in [1.54, 1.807) is 11.1 Å². The molecule has 2 rings (SSSR count). The molecule has 0 saturated carbocycles. The minimum Gasteiger partial charge on any atom is -0.345 e. The molecule has 0 atom stereocenters. The lowest BCUT2D eigenvalue weighted by Gasteiger charge is -2.20. The lowest BCUT2D eigenvalue weighted by atomic mass is 10.3. The molecule has 20 heavy (non-hydrogen) atoms. The van der Waals surface area contributed by atoms with Crippen LogP contribution in [0, 0.1) is 10.1 Å². The van der Waals surface area contributed by atoms with E-state index in [2.05, 4.69) is 15.0 Å². The largest absolute Gasteiger partial charge is 0.345 e. The molecule has 0 fully saturated rings. The summed E-state index contributed by atoms with van der Waals surface area (Å²) in [6, 6.07) is 5.51. The standard InChI is InChI=1S/C12H12ClN5O2/c1-2-17(8-9-5-3-4-6-14-9)11-10(18(19)20)7-15-12(13)16-11/h3-7H,2,8H2,1H3. The zero-order valence-corrected chi connectivity index (χ0v) is 11.5. The quantitative estimate of drug-likeness (QED) is 0.478. The Bertz CT molecular complexity index is 608. The van der Waals surface area contributed by atoms with Crippen LogP contribution in [-0.4, -0.2) is 26.4 Å². The van der Waals surface area contributed by atoms with Crippen molar-refractivity contribution in [1.82, 2.24) is 15.0 Å². The highest BCUT2D eigenvalue weighted by atomic mass is 35.5. The summed E-state index contributed by atoms with van der Waals surface area (Å²) in [5.41, 5.74) is 0.616. The lowest BCUT2D eigenvalue weighted by molar-refractivity contribution is -0.384. The first-order chi connectivity index (χ1) is 9.61. The fraction of sp³-hybridized carbons (Fsp3) is 0.250. The maximum atomic E-state index is 11.0. The Morgan fingerprint density at radius 2 is 2.20 bits per heavy atom. The average Bonchev–Trinajstić information content (AvgIpc) is 2.45. The number of halogens is 1. The number of aromatic nitrogens is 3. The lowest BCUT2D eigenvalue weighted by Crippen LogP contribution is -2.24. The molecule has 0 aliphatic heterocycles. The fourth-order valence-corrected chi connectivity index (χ4v) is 1.86. The van der Waals surface area contributed by atoms with Gasteiger partial charge in [-0.15, -0.1) is 0 Å². The number of pyridine rings is 1. The molecule has 0 aromatic carbocycles. The summed E-state index contributed by atoms with van der Waals surface area (Å²) in [7, 11) is 0. The molecule has 7 nitrogen and oxygen atoms in total. The van der Waals surface area contributed by atoms with Crippen molar-refractivity contribution in [2.45, 2.75) is 13.5 Å². The second kappa shape index (κ2) is 6.25. The predicted octanol–water partition coefficient (Wildman–Crippen LogP) is 2.46. The van der Waals surface area contributed by atoms with Crippen molar-refractivity contribution >= 4 is 23.1 Å². The Morgan fingerprint density at radius 3 is 2.80 bits per heavy atom. The van der Waals surface area contributed by atoms with E-state index >= 15 is 0 Å². The SMILES string of the molecule is CCN(Cc1ccccn1)c1nc(Cl)ncc1[N+](=O)[O-]. The van der Waals surface area contributed by atoms with Crippen molar-refractivity contribution in [2.24, 2.45) is 0 Å². The van der Waals surface area contributed by atoms with Gasteiger partial charge in [-0.1, -0.05) is 6.07 Å². The van der Waals surface area contributed by atoms with E-state index in [0.29, 0.717) is 13.1 Å². The van der Waals surface area contributed by atoms with E-state index in [4.69, 9.17) is 11.6 Å². The van der Waals surface area contributed by atoms with Crippen LogP contribution in [0.4, 0.5) is 11.5 Å². The monoisotopic (exact) mass is 293 g/mol. The van der Waals surface area contributed by atoms with E-state index in [9.17, 15) is 10.1 Å². The Hall–Kier alpha value is -2.28. The van der Waals surface area contributed by atoms with Crippen LogP contribution in [0.15, 0.2) is 30.6 Å². The smallest absolute Gasteiger partial charge is 0.329 e. The molecule has 2 heterocycles. The van der Waals surface area contributed by atoms with Crippen LogP contribution >= 0.6 is 11.6 Å². The molecular formula is C12H12ClN5O2. The number of hydrogen-bond acceptors (Lipinski definition) is 6. The fourth-order valence-electron chi connectivity index (χ4n) is 1.73. The molecule has 2 aromatic rings. The summed E-state index contributed by atoms with van der Waals surface area (Å²) in [5.74, 6) is 0.197. The molecule has 0 N–H and O–H groups in total. The summed E-state index contributed by atoms with van der Waals surface area (Å²) >= 11 is 5.74. The number of rotatable bonds is 5. The van der Waals surface area contributed by atoms with Gasteiger partial charge in [-0.3, -0.25) is 15.1 Å². The van der Waals surface area contributed by atoms with Crippen molar-refractivity contribution in [1.29, 1.82) is 0 Å². The maximum Gasteiger partial charge on any atom is 0.329 e. The number of nitrogens with zero attached hydrogens (tertiary/aromatic N) is 5. The van der Waals surface area contributed by atoms with Crippen molar-refractivity contribution in [3.8, 4) is 0 Å². The minimum absolute atomic E-state index is 0.0231. The summed E-state index contributed by atoms with van der Waals surface area (Å²) in [4.78, 5) is 24.1. The van der Waals surface area contributed by atoms with Crippen molar-refractivity contribution in [3.63, 3.8) is 0 Å². The Kier molecular flexibility index (Phi) is 4.41. The van der Waals surface area contributed by atoms with Gasteiger partial charge in [0.05, 0.1) is 17.2 Å². The Morgan fingerprint density at radius 1 is 1.40 bits per heavy atom. The molecule has 8 heteroatoms. The van der Waals surface area contributed by atoms with Gasteiger partial charge in [0.2, 0.25) is 11.1 Å². The van der Waals surface area contributed by atoms with Crippen LogP contribution < -0.4 is 4.90 Å². The molecule has 0 bridgehead atoms. The third-order valence-corrected chi connectivity index (χ3v) is 2.86.